The van der Waals surface area contributed by atoms with E-state index >= 15 is 0 Å². The lowest BCUT2D eigenvalue weighted by atomic mass is 10.2. The third-order valence-corrected chi connectivity index (χ3v) is 1.90. The molecule has 0 radical (unpaired) electrons. The summed E-state index contributed by atoms with van der Waals surface area (Å²) in [6.45, 7) is 0. The van der Waals surface area contributed by atoms with Crippen LogP contribution in [0, 0.1) is 0 Å². The average molecular weight is 297 g/mol. The summed E-state index contributed by atoms with van der Waals surface area (Å²) in [6.07, 6.45) is -6.34. The number of halogens is 9. The monoisotopic (exact) mass is 296 g/mol. The Hall–Kier alpha value is 0.280. The van der Waals surface area contributed by atoms with Crippen LogP contribution >= 0.6 is 27.5 Å². The molecular formula is C4HBrClF7. The minimum Gasteiger partial charge on any atom is -0.197 e. The molecule has 9 heteroatoms. The summed E-state index contributed by atoms with van der Waals surface area (Å²) in [7, 11) is 0. The normalized spacial score (nSPS) is 17.3. The van der Waals surface area contributed by atoms with E-state index in [0.29, 0.717) is 0 Å². The molecule has 0 amide bonds. The van der Waals surface area contributed by atoms with Gasteiger partial charge in [0.1, 0.15) is 0 Å². The van der Waals surface area contributed by atoms with Gasteiger partial charge in [0, 0.05) is 0 Å². The summed E-state index contributed by atoms with van der Waals surface area (Å²) < 4.78 is 79.6. The van der Waals surface area contributed by atoms with Crippen LogP contribution in [0.1, 0.15) is 0 Å². The topological polar surface area (TPSA) is 0 Å². The largest absolute Gasteiger partial charge is 0.459 e. The lowest BCUT2D eigenvalue weighted by Gasteiger charge is -2.28. The molecule has 0 fully saturated rings. The van der Waals surface area contributed by atoms with E-state index in [4.69, 9.17) is 0 Å². The zero-order valence-electron chi connectivity index (χ0n) is 5.48. The van der Waals surface area contributed by atoms with E-state index in [1.54, 1.807) is 15.9 Å². The lowest BCUT2D eigenvalue weighted by Crippen LogP contribution is -2.55. The minimum atomic E-state index is -6.34. The van der Waals surface area contributed by atoms with Crippen molar-refractivity contribution in [1.82, 2.24) is 0 Å². The Morgan fingerprint density at radius 2 is 1.23 bits per heavy atom. The molecule has 0 nitrogen and oxygen atoms in total. The highest BCUT2D eigenvalue weighted by Crippen LogP contribution is 2.50. The van der Waals surface area contributed by atoms with Crippen molar-refractivity contribution in [3.8, 4) is 0 Å². The van der Waals surface area contributed by atoms with Gasteiger partial charge in [-0.15, -0.1) is 11.6 Å². The molecule has 0 rings (SSSR count). The fourth-order valence-corrected chi connectivity index (χ4v) is 0.751. The van der Waals surface area contributed by atoms with Crippen LogP contribution < -0.4 is 0 Å². The second-order valence-electron chi connectivity index (χ2n) is 2.00. The second-order valence-corrected chi connectivity index (χ2v) is 3.88. The standard InChI is InChI=1S/C4HBrClF7/c5-1(6)2(7,8)3(9,10)4(11,12)13/h1H. The van der Waals surface area contributed by atoms with Crippen LogP contribution in [-0.4, -0.2) is 22.3 Å². The first-order valence-electron chi connectivity index (χ1n) is 2.55. The Bertz CT molecular complexity index is 185. The Morgan fingerprint density at radius 1 is 0.923 bits per heavy atom. The van der Waals surface area contributed by atoms with Crippen molar-refractivity contribution in [2.75, 3.05) is 0 Å². The second kappa shape index (κ2) is 3.45. The molecule has 0 aliphatic rings. The van der Waals surface area contributed by atoms with Crippen LogP contribution in [0.2, 0.25) is 0 Å². The van der Waals surface area contributed by atoms with Crippen LogP contribution in [-0.2, 0) is 0 Å². The predicted octanol–water partition coefficient (Wildman–Crippen LogP) is 3.78. The van der Waals surface area contributed by atoms with Crippen molar-refractivity contribution in [2.24, 2.45) is 0 Å². The summed E-state index contributed by atoms with van der Waals surface area (Å²) in [5.74, 6) is -11.6. The van der Waals surface area contributed by atoms with Gasteiger partial charge in [0.25, 0.3) is 0 Å². The lowest BCUT2D eigenvalue weighted by molar-refractivity contribution is -0.350. The van der Waals surface area contributed by atoms with Crippen LogP contribution in [0.25, 0.3) is 0 Å². The van der Waals surface area contributed by atoms with Gasteiger partial charge in [-0.3, -0.25) is 0 Å². The molecule has 0 N–H and O–H groups in total. The van der Waals surface area contributed by atoms with Crippen LogP contribution in [0.5, 0.6) is 0 Å². The molecule has 0 aromatic carbocycles. The molecule has 0 heterocycles. The fourth-order valence-electron chi connectivity index (χ4n) is 0.326. The Morgan fingerprint density at radius 3 is 1.31 bits per heavy atom. The van der Waals surface area contributed by atoms with Crippen molar-refractivity contribution in [2.45, 2.75) is 22.3 Å². The Labute approximate surface area is 81.2 Å². The molecular weight excluding hydrogens is 296 g/mol. The first-order chi connectivity index (χ1) is 5.44. The molecule has 0 bridgehead atoms. The number of hydrogen-bond acceptors (Lipinski definition) is 0. The quantitative estimate of drug-likeness (QED) is 0.537. The van der Waals surface area contributed by atoms with Gasteiger partial charge < -0.3 is 0 Å². The van der Waals surface area contributed by atoms with Gasteiger partial charge in [0.2, 0.25) is 0 Å². The maximum atomic E-state index is 12.2. The van der Waals surface area contributed by atoms with Crippen LogP contribution in [0.4, 0.5) is 30.7 Å². The van der Waals surface area contributed by atoms with Crippen LogP contribution in [0.15, 0.2) is 0 Å². The summed E-state index contributed by atoms with van der Waals surface area (Å²) in [5, 5.41) is 0. The highest BCUT2D eigenvalue weighted by molar-refractivity contribution is 9.10. The Kier molecular flexibility index (Phi) is 3.52. The molecule has 0 saturated carbocycles. The Balaban J connectivity index is 5.04. The van der Waals surface area contributed by atoms with Crippen molar-refractivity contribution >= 4 is 27.5 Å². The van der Waals surface area contributed by atoms with Gasteiger partial charge in [0.05, 0.1) is 0 Å². The maximum Gasteiger partial charge on any atom is 0.459 e. The van der Waals surface area contributed by atoms with Gasteiger partial charge in [-0.2, -0.15) is 30.7 Å². The van der Waals surface area contributed by atoms with Gasteiger partial charge in [-0.05, 0) is 0 Å². The maximum absolute atomic E-state index is 12.2. The zero-order chi connectivity index (χ0) is 11.1. The molecule has 0 aromatic heterocycles. The molecule has 0 aliphatic carbocycles. The third-order valence-electron chi connectivity index (χ3n) is 1.05. The minimum absolute atomic E-state index is 1.76. The van der Waals surface area contributed by atoms with E-state index < -0.39 is 22.3 Å². The van der Waals surface area contributed by atoms with Gasteiger partial charge in [-0.1, -0.05) is 15.9 Å². The summed E-state index contributed by atoms with van der Waals surface area (Å²) >= 11 is 6.21. The SMILES string of the molecule is FC(F)(F)C(F)(F)C(F)(F)C(Cl)Br. The molecule has 1 unspecified atom stereocenters. The molecule has 80 valence electrons. The molecule has 0 aliphatic heterocycles. The van der Waals surface area contributed by atoms with Gasteiger partial charge in [-0.25, -0.2) is 0 Å². The molecule has 13 heavy (non-hydrogen) atoms. The van der Waals surface area contributed by atoms with Crippen molar-refractivity contribution in [3.05, 3.63) is 0 Å². The predicted molar refractivity (Wildman–Crippen MR) is 34.5 cm³/mol. The number of hydrogen-bond donors (Lipinski definition) is 0. The number of rotatable bonds is 2. The fraction of sp³-hybridized carbons (Fsp3) is 1.00. The molecule has 0 spiro atoms. The van der Waals surface area contributed by atoms with Gasteiger partial charge in [0.15, 0.2) is 4.29 Å². The first-order valence-corrected chi connectivity index (χ1v) is 3.90. The van der Waals surface area contributed by atoms with E-state index in [2.05, 4.69) is 11.6 Å². The van der Waals surface area contributed by atoms with Crippen molar-refractivity contribution in [3.63, 3.8) is 0 Å². The number of alkyl halides is 9. The third kappa shape index (κ3) is 2.20. The summed E-state index contributed by atoms with van der Waals surface area (Å²) in [4.78, 5) is 0. The smallest absolute Gasteiger partial charge is 0.197 e. The van der Waals surface area contributed by atoms with Crippen molar-refractivity contribution in [1.29, 1.82) is 0 Å². The molecule has 0 saturated heterocycles. The van der Waals surface area contributed by atoms with E-state index in [-0.39, 0.29) is 0 Å². The summed E-state index contributed by atoms with van der Waals surface area (Å²) in [6, 6.07) is 0. The van der Waals surface area contributed by atoms with Gasteiger partial charge >= 0.3 is 18.0 Å². The molecule has 1 atom stereocenters. The summed E-state index contributed by atoms with van der Waals surface area (Å²) in [5.41, 5.74) is 0. The van der Waals surface area contributed by atoms with Crippen molar-refractivity contribution < 1.29 is 30.7 Å². The highest BCUT2D eigenvalue weighted by atomic mass is 79.9. The average Bonchev–Trinajstić information content (AvgIpc) is 1.84. The van der Waals surface area contributed by atoms with E-state index in [1.165, 1.54) is 0 Å². The van der Waals surface area contributed by atoms with E-state index in [9.17, 15) is 30.7 Å². The highest BCUT2D eigenvalue weighted by Gasteiger charge is 2.74. The van der Waals surface area contributed by atoms with E-state index in [0.717, 1.165) is 0 Å². The molecule has 0 aromatic rings. The van der Waals surface area contributed by atoms with E-state index in [1.807, 2.05) is 0 Å². The first kappa shape index (κ1) is 13.3. The van der Waals surface area contributed by atoms with Crippen LogP contribution in [0.3, 0.4) is 0 Å². The zero-order valence-corrected chi connectivity index (χ0v) is 7.82.